The largest absolute Gasteiger partial charge is 0.461 e. The van der Waals surface area contributed by atoms with Gasteiger partial charge >= 0.3 is 12.5 Å². The average Bonchev–Trinajstić information content (AvgIpc) is 3.11. The van der Waals surface area contributed by atoms with E-state index >= 15 is 0 Å². The SMILES string of the molecule is O=C(N[C@H](Cc1cccc(OC(F)(F)C(F)F)c1)[C@H](O)c1ccc(Br)cc1)C1C=CC=CC2=C1C=CCC2. The number of allylic oxidation sites excluding steroid dienone is 6. The van der Waals surface area contributed by atoms with Gasteiger partial charge in [0.1, 0.15) is 5.75 Å². The lowest BCUT2D eigenvalue weighted by atomic mass is 9.87. The van der Waals surface area contributed by atoms with Crippen LogP contribution in [0.4, 0.5) is 17.6 Å². The van der Waals surface area contributed by atoms with Crippen LogP contribution in [-0.2, 0) is 11.2 Å². The predicted molar refractivity (Wildman–Crippen MR) is 140 cm³/mol. The van der Waals surface area contributed by atoms with Crippen molar-refractivity contribution in [3.8, 4) is 5.75 Å². The maximum absolute atomic E-state index is 13.5. The Morgan fingerprint density at radius 2 is 1.89 bits per heavy atom. The maximum atomic E-state index is 13.5. The van der Waals surface area contributed by atoms with Crippen LogP contribution in [0.2, 0.25) is 0 Å². The van der Waals surface area contributed by atoms with Crippen molar-refractivity contribution in [3.05, 3.63) is 112 Å². The number of amides is 1. The molecule has 0 spiro atoms. The highest BCUT2D eigenvalue weighted by Crippen LogP contribution is 2.31. The minimum Gasteiger partial charge on any atom is -0.428 e. The molecule has 2 aliphatic rings. The molecular weight excluding hydrogens is 566 g/mol. The van der Waals surface area contributed by atoms with Gasteiger partial charge in [0.05, 0.1) is 18.1 Å². The van der Waals surface area contributed by atoms with Crippen molar-refractivity contribution < 1.29 is 32.2 Å². The molecule has 9 heteroatoms. The van der Waals surface area contributed by atoms with Gasteiger partial charge < -0.3 is 15.2 Å². The van der Waals surface area contributed by atoms with Crippen LogP contribution < -0.4 is 10.1 Å². The molecule has 38 heavy (non-hydrogen) atoms. The summed E-state index contributed by atoms with van der Waals surface area (Å²) >= 11 is 3.35. The first-order valence-electron chi connectivity index (χ1n) is 12.1. The number of ether oxygens (including phenoxy) is 1. The highest BCUT2D eigenvalue weighted by Gasteiger charge is 2.44. The van der Waals surface area contributed by atoms with E-state index in [1.54, 1.807) is 42.5 Å². The number of nitrogens with one attached hydrogen (secondary N) is 1. The van der Waals surface area contributed by atoms with Crippen LogP contribution in [0.3, 0.4) is 0 Å². The normalized spacial score (nSPS) is 18.7. The molecule has 2 N–H and O–H groups in total. The number of aliphatic hydroxyl groups excluding tert-OH is 1. The molecule has 0 radical (unpaired) electrons. The molecule has 200 valence electrons. The molecule has 0 bridgehead atoms. The molecule has 4 rings (SSSR count). The molecule has 0 aliphatic heterocycles. The smallest absolute Gasteiger partial charge is 0.428 e. The standard InChI is InChI=1S/C29H26BrF4NO3/c30-21-14-12-20(13-15-21)26(36)25(17-18-6-5-9-22(16-18)38-29(33,34)28(31)32)35-27(37)24-11-4-2-8-19-7-1-3-10-23(19)24/h2-6,8-16,24-26,28,36H,1,7,17H2,(H,35,37)/t24?,25-,26-/m1/s1. The van der Waals surface area contributed by atoms with E-state index in [0.29, 0.717) is 11.1 Å². The number of aliphatic hydroxyl groups is 1. The van der Waals surface area contributed by atoms with Gasteiger partial charge in [0.2, 0.25) is 5.91 Å². The minimum atomic E-state index is -4.65. The second kappa shape index (κ2) is 12.1. The fraction of sp³-hybridized carbons (Fsp3) is 0.276. The summed E-state index contributed by atoms with van der Waals surface area (Å²) in [4.78, 5) is 13.5. The van der Waals surface area contributed by atoms with E-state index in [-0.39, 0.29) is 12.3 Å². The second-order valence-electron chi connectivity index (χ2n) is 9.07. The molecule has 2 aromatic rings. The van der Waals surface area contributed by atoms with Gasteiger partial charge in [-0.05, 0) is 65.8 Å². The van der Waals surface area contributed by atoms with E-state index in [1.165, 1.54) is 12.1 Å². The van der Waals surface area contributed by atoms with Gasteiger partial charge in [-0.2, -0.15) is 17.6 Å². The molecule has 1 amide bonds. The lowest BCUT2D eigenvalue weighted by Crippen LogP contribution is -2.44. The minimum absolute atomic E-state index is 0.0247. The van der Waals surface area contributed by atoms with Crippen LogP contribution in [0.1, 0.15) is 30.1 Å². The number of rotatable bonds is 9. The third-order valence-corrected chi connectivity index (χ3v) is 6.89. The van der Waals surface area contributed by atoms with E-state index in [1.807, 2.05) is 24.3 Å². The molecule has 4 nitrogen and oxygen atoms in total. The summed E-state index contributed by atoms with van der Waals surface area (Å²) < 4.78 is 57.2. The molecule has 0 aromatic heterocycles. The molecule has 3 atom stereocenters. The molecule has 2 aliphatic carbocycles. The summed E-state index contributed by atoms with van der Waals surface area (Å²) in [5.41, 5.74) is 2.88. The first-order chi connectivity index (χ1) is 18.1. The van der Waals surface area contributed by atoms with Crippen LogP contribution >= 0.6 is 15.9 Å². The number of carbonyl (C=O) groups excluding carboxylic acids is 1. The number of halogens is 5. The van der Waals surface area contributed by atoms with Crippen LogP contribution in [0.5, 0.6) is 5.75 Å². The number of hydrogen-bond acceptors (Lipinski definition) is 3. The van der Waals surface area contributed by atoms with Crippen molar-refractivity contribution in [1.82, 2.24) is 5.32 Å². The van der Waals surface area contributed by atoms with Crippen molar-refractivity contribution >= 4 is 21.8 Å². The maximum Gasteiger partial charge on any atom is 0.461 e. The Balaban J connectivity index is 1.60. The van der Waals surface area contributed by atoms with Gasteiger partial charge in [-0.15, -0.1) is 0 Å². The molecule has 0 saturated heterocycles. The van der Waals surface area contributed by atoms with Crippen molar-refractivity contribution in [2.75, 3.05) is 0 Å². The highest BCUT2D eigenvalue weighted by atomic mass is 79.9. The fourth-order valence-corrected chi connectivity index (χ4v) is 4.72. The van der Waals surface area contributed by atoms with Gasteiger partial charge in [-0.3, -0.25) is 4.79 Å². The van der Waals surface area contributed by atoms with Gasteiger partial charge in [0, 0.05) is 4.47 Å². The summed E-state index contributed by atoms with van der Waals surface area (Å²) in [6.45, 7) is 0. The summed E-state index contributed by atoms with van der Waals surface area (Å²) in [7, 11) is 0. The monoisotopic (exact) mass is 591 g/mol. The second-order valence-corrected chi connectivity index (χ2v) is 9.99. The summed E-state index contributed by atoms with van der Waals surface area (Å²) in [6, 6.07) is 11.4. The Labute approximate surface area is 226 Å². The zero-order valence-electron chi connectivity index (χ0n) is 20.2. The Morgan fingerprint density at radius 1 is 1.13 bits per heavy atom. The summed E-state index contributed by atoms with van der Waals surface area (Å²) in [5, 5.41) is 14.2. The Morgan fingerprint density at radius 3 is 2.63 bits per heavy atom. The van der Waals surface area contributed by atoms with Gasteiger partial charge in [-0.1, -0.05) is 76.7 Å². The lowest BCUT2D eigenvalue weighted by molar-refractivity contribution is -0.253. The van der Waals surface area contributed by atoms with Crippen LogP contribution in [-0.4, -0.2) is 29.6 Å². The van der Waals surface area contributed by atoms with E-state index < -0.39 is 36.3 Å². The molecule has 1 unspecified atom stereocenters. The van der Waals surface area contributed by atoms with E-state index in [2.05, 4.69) is 26.0 Å². The number of hydrogen-bond donors (Lipinski definition) is 2. The summed E-state index contributed by atoms with van der Waals surface area (Å²) in [5.74, 6) is -1.37. The molecular formula is C29H26BrF4NO3. The van der Waals surface area contributed by atoms with Crippen LogP contribution in [0.15, 0.2) is 101 Å². The first kappa shape index (κ1) is 27.9. The van der Waals surface area contributed by atoms with Gasteiger partial charge in [-0.25, -0.2) is 0 Å². The number of alkyl halides is 4. The quantitative estimate of drug-likeness (QED) is 0.314. The zero-order valence-corrected chi connectivity index (χ0v) is 21.8. The first-order valence-corrected chi connectivity index (χ1v) is 12.9. The average molecular weight is 592 g/mol. The Bertz CT molecular complexity index is 1270. The van der Waals surface area contributed by atoms with Crippen LogP contribution in [0.25, 0.3) is 0 Å². The van der Waals surface area contributed by atoms with Crippen molar-refractivity contribution in [2.24, 2.45) is 5.92 Å². The Kier molecular flexibility index (Phi) is 8.89. The van der Waals surface area contributed by atoms with Gasteiger partial charge in [0.25, 0.3) is 0 Å². The van der Waals surface area contributed by atoms with E-state index in [4.69, 9.17) is 0 Å². The van der Waals surface area contributed by atoms with Gasteiger partial charge in [0.15, 0.2) is 0 Å². The van der Waals surface area contributed by atoms with Crippen molar-refractivity contribution in [3.63, 3.8) is 0 Å². The predicted octanol–water partition coefficient (Wildman–Crippen LogP) is 6.84. The lowest BCUT2D eigenvalue weighted by Gasteiger charge is -2.28. The Hall–Kier alpha value is -3.17. The number of benzene rings is 2. The highest BCUT2D eigenvalue weighted by molar-refractivity contribution is 9.10. The zero-order chi connectivity index (χ0) is 27.3. The molecule has 0 fully saturated rings. The third-order valence-electron chi connectivity index (χ3n) is 6.36. The molecule has 2 aromatic carbocycles. The molecule has 0 heterocycles. The number of carbonyl (C=O) groups is 1. The van der Waals surface area contributed by atoms with E-state index in [0.717, 1.165) is 34.5 Å². The van der Waals surface area contributed by atoms with Crippen molar-refractivity contribution in [2.45, 2.75) is 43.9 Å². The van der Waals surface area contributed by atoms with Crippen LogP contribution in [0, 0.1) is 5.92 Å². The topological polar surface area (TPSA) is 58.6 Å². The third kappa shape index (κ3) is 6.82. The van der Waals surface area contributed by atoms with E-state index in [9.17, 15) is 27.5 Å². The van der Waals surface area contributed by atoms with Crippen molar-refractivity contribution in [1.29, 1.82) is 0 Å². The fourth-order valence-electron chi connectivity index (χ4n) is 4.46. The summed E-state index contributed by atoms with van der Waals surface area (Å²) in [6.07, 6.45) is 3.34. The molecule has 0 saturated carbocycles.